The molecular weight excluding hydrogens is 170 g/mol. The molecule has 0 saturated carbocycles. The van der Waals surface area contributed by atoms with Crippen molar-refractivity contribution in [3.05, 3.63) is 30.6 Å². The molecule has 3 nitrogen and oxygen atoms in total. The second kappa shape index (κ2) is 2.98. The molecule has 0 amide bonds. The molecule has 4 heteroatoms. The molecule has 0 aliphatic carbocycles. The summed E-state index contributed by atoms with van der Waals surface area (Å²) in [5.41, 5.74) is 2.69. The summed E-state index contributed by atoms with van der Waals surface area (Å²) in [6.07, 6.45) is 3.35. The van der Waals surface area contributed by atoms with Gasteiger partial charge in [-0.15, -0.1) is 0 Å². The topological polar surface area (TPSA) is 37.8 Å². The Morgan fingerprint density at radius 3 is 2.58 bits per heavy atom. The van der Waals surface area contributed by atoms with Crippen LogP contribution < -0.4 is 4.72 Å². The third-order valence-corrected chi connectivity index (χ3v) is 1.86. The van der Waals surface area contributed by atoms with Crippen LogP contribution in [-0.4, -0.2) is 9.97 Å². The highest BCUT2D eigenvalue weighted by molar-refractivity contribution is 7.81. The van der Waals surface area contributed by atoms with Gasteiger partial charge in [-0.25, -0.2) is 0 Å². The molecule has 0 spiro atoms. The summed E-state index contributed by atoms with van der Waals surface area (Å²) in [5.74, 6) is 0. The Labute approximate surface area is 75.4 Å². The number of rotatable bonds is 1. The molecule has 2 aromatic rings. The highest BCUT2D eigenvalue weighted by Gasteiger charge is 1.94. The number of aromatic nitrogens is 2. The molecule has 0 bridgehead atoms. The van der Waals surface area contributed by atoms with Crippen LogP contribution in [0, 0.1) is 0 Å². The van der Waals surface area contributed by atoms with E-state index in [1.54, 1.807) is 12.4 Å². The van der Waals surface area contributed by atoms with Crippen LogP contribution in [0.15, 0.2) is 30.6 Å². The first-order chi connectivity index (χ1) is 5.90. The van der Waals surface area contributed by atoms with Crippen LogP contribution in [0.3, 0.4) is 0 Å². The van der Waals surface area contributed by atoms with Gasteiger partial charge in [0, 0.05) is 18.1 Å². The number of hydrogen-bond donors (Lipinski definition) is 2. The van der Waals surface area contributed by atoms with Gasteiger partial charge in [-0.3, -0.25) is 9.97 Å². The van der Waals surface area contributed by atoms with Crippen LogP contribution in [0.5, 0.6) is 0 Å². The molecule has 0 atom stereocenters. The monoisotopic (exact) mass is 177 g/mol. The van der Waals surface area contributed by atoms with Crippen molar-refractivity contribution in [1.82, 2.24) is 9.97 Å². The fourth-order valence-electron chi connectivity index (χ4n) is 1.03. The zero-order valence-electron chi connectivity index (χ0n) is 6.23. The van der Waals surface area contributed by atoms with Crippen LogP contribution >= 0.6 is 12.8 Å². The molecule has 0 fully saturated rings. The van der Waals surface area contributed by atoms with Gasteiger partial charge in [0.1, 0.15) is 0 Å². The molecule has 0 aliphatic heterocycles. The van der Waals surface area contributed by atoms with Gasteiger partial charge in [-0.2, -0.15) is 0 Å². The van der Waals surface area contributed by atoms with E-state index in [1.165, 1.54) is 0 Å². The SMILES string of the molecule is SNc1ccc2nccnc2c1. The molecule has 2 rings (SSSR count). The summed E-state index contributed by atoms with van der Waals surface area (Å²) in [6, 6.07) is 5.71. The van der Waals surface area contributed by atoms with Gasteiger partial charge in [0.15, 0.2) is 0 Å². The average molecular weight is 177 g/mol. The molecule has 1 N–H and O–H groups in total. The highest BCUT2D eigenvalue weighted by atomic mass is 32.1. The summed E-state index contributed by atoms with van der Waals surface area (Å²) in [7, 11) is 0. The summed E-state index contributed by atoms with van der Waals surface area (Å²) in [5, 5.41) is 0. The second-order valence-electron chi connectivity index (χ2n) is 2.37. The lowest BCUT2D eigenvalue weighted by molar-refractivity contribution is 1.29. The van der Waals surface area contributed by atoms with E-state index in [4.69, 9.17) is 0 Å². The molecule has 0 unspecified atom stereocenters. The first-order valence-corrected chi connectivity index (χ1v) is 3.96. The Morgan fingerprint density at radius 1 is 1.08 bits per heavy atom. The third-order valence-electron chi connectivity index (χ3n) is 1.60. The number of nitrogens with one attached hydrogen (secondary N) is 1. The first kappa shape index (κ1) is 7.36. The number of nitrogens with zero attached hydrogens (tertiary/aromatic N) is 2. The summed E-state index contributed by atoms with van der Waals surface area (Å²) >= 11 is 3.94. The van der Waals surface area contributed by atoms with Gasteiger partial charge in [0.05, 0.1) is 11.0 Å². The molecule has 1 aromatic heterocycles. The minimum absolute atomic E-state index is 0.872. The second-order valence-corrected chi connectivity index (χ2v) is 2.60. The molecule has 1 aromatic carbocycles. The van der Waals surface area contributed by atoms with E-state index in [-0.39, 0.29) is 0 Å². The molecule has 60 valence electrons. The molecule has 12 heavy (non-hydrogen) atoms. The Balaban J connectivity index is 2.67. The van der Waals surface area contributed by atoms with Crippen LogP contribution in [-0.2, 0) is 0 Å². The minimum Gasteiger partial charge on any atom is -0.332 e. The van der Waals surface area contributed by atoms with Crippen molar-refractivity contribution < 1.29 is 0 Å². The molecule has 0 saturated heterocycles. The lowest BCUT2D eigenvalue weighted by Crippen LogP contribution is -1.84. The van der Waals surface area contributed by atoms with Gasteiger partial charge in [-0.05, 0) is 18.2 Å². The van der Waals surface area contributed by atoms with E-state index < -0.39 is 0 Å². The van der Waals surface area contributed by atoms with Gasteiger partial charge < -0.3 is 4.72 Å². The smallest absolute Gasteiger partial charge is 0.0907 e. The maximum absolute atomic E-state index is 4.15. The molecule has 1 heterocycles. The van der Waals surface area contributed by atoms with Crippen molar-refractivity contribution in [2.75, 3.05) is 4.72 Å². The fourth-order valence-corrected chi connectivity index (χ4v) is 1.17. The fraction of sp³-hybridized carbons (Fsp3) is 0. The Hall–Kier alpha value is -1.29. The molecular formula is C8H7N3S. The quantitative estimate of drug-likeness (QED) is 0.653. The van der Waals surface area contributed by atoms with Crippen LogP contribution in [0.4, 0.5) is 5.69 Å². The molecule has 0 aliphatic rings. The third kappa shape index (κ3) is 1.21. The van der Waals surface area contributed by atoms with Crippen LogP contribution in [0.1, 0.15) is 0 Å². The van der Waals surface area contributed by atoms with E-state index in [2.05, 4.69) is 27.5 Å². The Morgan fingerprint density at radius 2 is 1.83 bits per heavy atom. The summed E-state index contributed by atoms with van der Waals surface area (Å²) < 4.78 is 2.75. The van der Waals surface area contributed by atoms with Crippen molar-refractivity contribution in [3.63, 3.8) is 0 Å². The predicted molar refractivity (Wildman–Crippen MR) is 52.1 cm³/mol. The largest absolute Gasteiger partial charge is 0.332 e. The van der Waals surface area contributed by atoms with Crippen molar-refractivity contribution in [2.45, 2.75) is 0 Å². The first-order valence-electron chi connectivity index (χ1n) is 3.51. The van der Waals surface area contributed by atoms with Crippen molar-refractivity contribution in [1.29, 1.82) is 0 Å². The zero-order valence-corrected chi connectivity index (χ0v) is 7.12. The maximum Gasteiger partial charge on any atom is 0.0907 e. The number of hydrogen-bond acceptors (Lipinski definition) is 4. The van der Waals surface area contributed by atoms with Crippen LogP contribution in [0.2, 0.25) is 0 Å². The van der Waals surface area contributed by atoms with Gasteiger partial charge in [-0.1, -0.05) is 12.8 Å². The van der Waals surface area contributed by atoms with E-state index in [0.29, 0.717) is 0 Å². The van der Waals surface area contributed by atoms with Gasteiger partial charge in [0.25, 0.3) is 0 Å². The maximum atomic E-state index is 4.15. The summed E-state index contributed by atoms with van der Waals surface area (Å²) in [6.45, 7) is 0. The average Bonchev–Trinajstić information content (AvgIpc) is 2.17. The standard InChI is InChI=1S/C8H7N3S/c12-11-6-1-2-7-8(5-6)10-4-3-9-7/h1-5,11-12H. The Bertz CT molecular complexity index is 402. The number of thiol groups is 1. The lowest BCUT2D eigenvalue weighted by atomic mass is 10.3. The van der Waals surface area contributed by atoms with E-state index in [0.717, 1.165) is 16.7 Å². The minimum atomic E-state index is 0.872. The predicted octanol–water partition coefficient (Wildman–Crippen LogP) is 1.89. The summed E-state index contributed by atoms with van der Waals surface area (Å²) in [4.78, 5) is 8.29. The molecule has 0 radical (unpaired) electrons. The van der Waals surface area contributed by atoms with E-state index >= 15 is 0 Å². The highest BCUT2D eigenvalue weighted by Crippen LogP contribution is 2.14. The van der Waals surface area contributed by atoms with Crippen molar-refractivity contribution in [2.24, 2.45) is 0 Å². The normalized spacial score (nSPS) is 10.1. The number of benzene rings is 1. The number of anilines is 1. The lowest BCUT2D eigenvalue weighted by Gasteiger charge is -1.99. The van der Waals surface area contributed by atoms with Crippen LogP contribution in [0.25, 0.3) is 11.0 Å². The zero-order chi connectivity index (χ0) is 8.39. The number of fused-ring (bicyclic) bond motifs is 1. The van der Waals surface area contributed by atoms with Gasteiger partial charge >= 0.3 is 0 Å². The van der Waals surface area contributed by atoms with E-state index in [9.17, 15) is 0 Å². The van der Waals surface area contributed by atoms with Gasteiger partial charge in [0.2, 0.25) is 0 Å². The van der Waals surface area contributed by atoms with E-state index in [1.807, 2.05) is 18.2 Å². The van der Waals surface area contributed by atoms with Crippen molar-refractivity contribution >= 4 is 29.5 Å². The Kier molecular flexibility index (Phi) is 1.83. The van der Waals surface area contributed by atoms with Crippen molar-refractivity contribution in [3.8, 4) is 0 Å².